The summed E-state index contributed by atoms with van der Waals surface area (Å²) in [5, 5.41) is 5.43. The molecule has 0 aliphatic carbocycles. The van der Waals surface area contributed by atoms with Crippen LogP contribution in [-0.2, 0) is 23.9 Å². The van der Waals surface area contributed by atoms with Crippen molar-refractivity contribution in [1.29, 1.82) is 0 Å². The highest BCUT2D eigenvalue weighted by atomic mass is 79.9. The van der Waals surface area contributed by atoms with Gasteiger partial charge < -0.3 is 20.1 Å². The molecule has 34 heavy (non-hydrogen) atoms. The number of hydrogen-bond acceptors (Lipinski definition) is 6. The molecule has 0 fully saturated rings. The van der Waals surface area contributed by atoms with E-state index < -0.39 is 24.5 Å². The maximum absolute atomic E-state index is 12.1. The molecule has 2 aromatic carbocycles. The molecule has 182 valence electrons. The fraction of sp³-hybridized carbons (Fsp3) is 0.360. The Bertz CT molecular complexity index is 1050. The number of aryl methyl sites for hydroxylation is 2. The average molecular weight is 533 g/mol. The second-order valence-corrected chi connectivity index (χ2v) is 8.91. The number of hydrogen-bond donors (Lipinski definition) is 2. The van der Waals surface area contributed by atoms with Gasteiger partial charge in [0.15, 0.2) is 6.61 Å². The van der Waals surface area contributed by atoms with Crippen LogP contribution in [-0.4, -0.2) is 36.5 Å². The SMILES string of the molecule is Cc1cc(NC(=O)COC(=O)CCCC(=O)Nc2ccc(C(=O)OC(C)C)cc2)c(C)cc1Br. The van der Waals surface area contributed by atoms with Gasteiger partial charge in [0.25, 0.3) is 5.91 Å². The number of carbonyl (C=O) groups is 4. The second-order valence-electron chi connectivity index (χ2n) is 8.06. The molecule has 8 nitrogen and oxygen atoms in total. The van der Waals surface area contributed by atoms with Crippen LogP contribution in [0.3, 0.4) is 0 Å². The summed E-state index contributed by atoms with van der Waals surface area (Å²) >= 11 is 3.44. The van der Waals surface area contributed by atoms with Crippen molar-refractivity contribution in [3.63, 3.8) is 0 Å². The number of rotatable bonds is 10. The van der Waals surface area contributed by atoms with Gasteiger partial charge in [-0.3, -0.25) is 14.4 Å². The molecule has 2 rings (SSSR count). The molecule has 0 unspecified atom stereocenters. The Morgan fingerprint density at radius 1 is 0.912 bits per heavy atom. The predicted octanol–water partition coefficient (Wildman–Crippen LogP) is 4.92. The Labute approximate surface area is 207 Å². The fourth-order valence-electron chi connectivity index (χ4n) is 2.91. The van der Waals surface area contributed by atoms with Gasteiger partial charge in [0, 0.05) is 28.7 Å². The van der Waals surface area contributed by atoms with Crippen molar-refractivity contribution in [2.24, 2.45) is 0 Å². The number of halogens is 1. The van der Waals surface area contributed by atoms with Crippen LogP contribution in [0.25, 0.3) is 0 Å². The van der Waals surface area contributed by atoms with Crippen molar-refractivity contribution >= 4 is 51.1 Å². The first kappa shape index (κ1) is 27.0. The lowest BCUT2D eigenvalue weighted by atomic mass is 10.1. The summed E-state index contributed by atoms with van der Waals surface area (Å²) in [6.07, 6.45) is 0.177. The average Bonchev–Trinajstić information content (AvgIpc) is 2.76. The molecule has 0 heterocycles. The molecule has 0 saturated carbocycles. The highest BCUT2D eigenvalue weighted by Crippen LogP contribution is 2.24. The fourth-order valence-corrected chi connectivity index (χ4v) is 3.37. The summed E-state index contributed by atoms with van der Waals surface area (Å²) < 4.78 is 11.1. The number of esters is 2. The first-order chi connectivity index (χ1) is 16.0. The van der Waals surface area contributed by atoms with E-state index in [-0.39, 0.29) is 31.3 Å². The maximum Gasteiger partial charge on any atom is 0.338 e. The van der Waals surface area contributed by atoms with Crippen LogP contribution >= 0.6 is 15.9 Å². The zero-order valence-corrected chi connectivity index (χ0v) is 21.3. The Balaban J connectivity index is 1.68. The number of nitrogens with one attached hydrogen (secondary N) is 2. The molecule has 2 aromatic rings. The highest BCUT2D eigenvalue weighted by Gasteiger charge is 2.12. The summed E-state index contributed by atoms with van der Waals surface area (Å²) in [4.78, 5) is 47.9. The zero-order valence-electron chi connectivity index (χ0n) is 19.7. The summed E-state index contributed by atoms with van der Waals surface area (Å²) in [5.74, 6) is -1.69. The minimum absolute atomic E-state index is 0.0110. The van der Waals surface area contributed by atoms with Gasteiger partial charge in [0.05, 0.1) is 11.7 Å². The van der Waals surface area contributed by atoms with Crippen molar-refractivity contribution in [2.45, 2.75) is 53.1 Å². The first-order valence-corrected chi connectivity index (χ1v) is 11.7. The van der Waals surface area contributed by atoms with Gasteiger partial charge in [-0.2, -0.15) is 0 Å². The number of ether oxygens (including phenoxy) is 2. The van der Waals surface area contributed by atoms with Gasteiger partial charge in [-0.05, 0) is 81.6 Å². The second kappa shape index (κ2) is 12.9. The molecule has 9 heteroatoms. The van der Waals surface area contributed by atoms with Crippen molar-refractivity contribution in [3.05, 3.63) is 57.6 Å². The van der Waals surface area contributed by atoms with Gasteiger partial charge >= 0.3 is 11.9 Å². The lowest BCUT2D eigenvalue weighted by Crippen LogP contribution is -2.21. The first-order valence-electron chi connectivity index (χ1n) is 10.9. The minimum Gasteiger partial charge on any atom is -0.459 e. The smallest absolute Gasteiger partial charge is 0.338 e. The largest absolute Gasteiger partial charge is 0.459 e. The molecule has 0 spiro atoms. The van der Waals surface area contributed by atoms with Crippen molar-refractivity contribution in [1.82, 2.24) is 0 Å². The van der Waals surface area contributed by atoms with Gasteiger partial charge in [0.1, 0.15) is 0 Å². The van der Waals surface area contributed by atoms with Crippen molar-refractivity contribution < 1.29 is 28.7 Å². The number of anilines is 2. The molecule has 0 saturated heterocycles. The summed E-state index contributed by atoms with van der Waals surface area (Å²) in [5.41, 5.74) is 3.44. The number of carbonyl (C=O) groups excluding carboxylic acids is 4. The molecule has 0 aliphatic rings. The Morgan fingerprint density at radius 2 is 1.59 bits per heavy atom. The van der Waals surface area contributed by atoms with E-state index in [2.05, 4.69) is 26.6 Å². The normalized spacial score (nSPS) is 10.5. The molecular formula is C25H29BrN2O6. The van der Waals surface area contributed by atoms with Crippen LogP contribution < -0.4 is 10.6 Å². The molecule has 0 bridgehead atoms. The molecule has 0 radical (unpaired) electrons. The lowest BCUT2D eigenvalue weighted by Gasteiger charge is -2.11. The highest BCUT2D eigenvalue weighted by molar-refractivity contribution is 9.10. The van der Waals surface area contributed by atoms with E-state index in [1.807, 2.05) is 26.0 Å². The van der Waals surface area contributed by atoms with Crippen molar-refractivity contribution in [3.8, 4) is 0 Å². The van der Waals surface area contributed by atoms with E-state index in [9.17, 15) is 19.2 Å². The quantitative estimate of drug-likeness (QED) is 0.420. The van der Waals surface area contributed by atoms with E-state index in [1.54, 1.807) is 38.1 Å². The monoisotopic (exact) mass is 532 g/mol. The van der Waals surface area contributed by atoms with Crippen LogP contribution in [0, 0.1) is 13.8 Å². The van der Waals surface area contributed by atoms with Gasteiger partial charge in [0.2, 0.25) is 5.91 Å². The van der Waals surface area contributed by atoms with E-state index in [4.69, 9.17) is 9.47 Å². The summed E-state index contributed by atoms with van der Waals surface area (Å²) in [6.45, 7) is 6.91. The van der Waals surface area contributed by atoms with Crippen molar-refractivity contribution in [2.75, 3.05) is 17.2 Å². The third-order valence-electron chi connectivity index (χ3n) is 4.68. The standard InChI is InChI=1S/C25H29BrN2O6/c1-15(2)34-25(32)18-8-10-19(11-9-18)27-22(29)6-5-7-24(31)33-14-23(30)28-21-13-16(3)20(26)12-17(21)4/h8-13,15H,5-7,14H2,1-4H3,(H,27,29)(H,28,30). The van der Waals surface area contributed by atoms with Crippen LogP contribution in [0.1, 0.15) is 54.6 Å². The molecule has 2 amide bonds. The zero-order chi connectivity index (χ0) is 25.3. The topological polar surface area (TPSA) is 111 Å². The Kier molecular flexibility index (Phi) is 10.2. The van der Waals surface area contributed by atoms with E-state index in [1.165, 1.54) is 0 Å². The Morgan fingerprint density at radius 3 is 2.24 bits per heavy atom. The van der Waals surface area contributed by atoms with E-state index in [0.29, 0.717) is 16.9 Å². The van der Waals surface area contributed by atoms with Crippen LogP contribution in [0.4, 0.5) is 11.4 Å². The molecule has 2 N–H and O–H groups in total. The number of amides is 2. The number of benzene rings is 2. The molecule has 0 atom stereocenters. The van der Waals surface area contributed by atoms with Gasteiger partial charge in [-0.1, -0.05) is 15.9 Å². The molecule has 0 aromatic heterocycles. The van der Waals surface area contributed by atoms with E-state index >= 15 is 0 Å². The maximum atomic E-state index is 12.1. The third-order valence-corrected chi connectivity index (χ3v) is 5.53. The summed E-state index contributed by atoms with van der Waals surface area (Å²) in [6, 6.07) is 10.1. The third kappa shape index (κ3) is 8.97. The minimum atomic E-state index is -0.556. The van der Waals surface area contributed by atoms with Crippen LogP contribution in [0.15, 0.2) is 40.9 Å². The Hall–Kier alpha value is -3.20. The van der Waals surface area contributed by atoms with Gasteiger partial charge in [-0.15, -0.1) is 0 Å². The van der Waals surface area contributed by atoms with E-state index in [0.717, 1.165) is 15.6 Å². The predicted molar refractivity (Wildman–Crippen MR) is 133 cm³/mol. The lowest BCUT2D eigenvalue weighted by molar-refractivity contribution is -0.147. The van der Waals surface area contributed by atoms with Gasteiger partial charge in [-0.25, -0.2) is 4.79 Å². The van der Waals surface area contributed by atoms with Crippen LogP contribution in [0.5, 0.6) is 0 Å². The molecule has 0 aliphatic heterocycles. The summed E-state index contributed by atoms with van der Waals surface area (Å²) in [7, 11) is 0. The van der Waals surface area contributed by atoms with Crippen LogP contribution in [0.2, 0.25) is 0 Å². The molecular weight excluding hydrogens is 504 g/mol.